The first kappa shape index (κ1) is 14.9. The number of likely N-dealkylation sites (tertiary alicyclic amines) is 1. The lowest BCUT2D eigenvalue weighted by molar-refractivity contribution is 0.210. The summed E-state index contributed by atoms with van der Waals surface area (Å²) in [5, 5.41) is 0. The van der Waals surface area contributed by atoms with E-state index < -0.39 is 0 Å². The Balaban J connectivity index is 1.94. The van der Waals surface area contributed by atoms with Crippen LogP contribution in [0.4, 0.5) is 0 Å². The van der Waals surface area contributed by atoms with E-state index in [9.17, 15) is 0 Å². The summed E-state index contributed by atoms with van der Waals surface area (Å²) in [6.07, 6.45) is 1.37. The quantitative estimate of drug-likeness (QED) is 0.727. The molecule has 0 aromatic heterocycles. The van der Waals surface area contributed by atoms with Crippen molar-refractivity contribution < 1.29 is 0 Å². The lowest BCUT2D eigenvalue weighted by Gasteiger charge is -2.28. The highest BCUT2D eigenvalue weighted by Crippen LogP contribution is 2.33. The molecule has 0 radical (unpaired) electrons. The number of nitrogens with zero attached hydrogens (tertiary/aromatic N) is 1. The average Bonchev–Trinajstić information content (AvgIpc) is 2.82. The van der Waals surface area contributed by atoms with Gasteiger partial charge in [0.2, 0.25) is 0 Å². The van der Waals surface area contributed by atoms with E-state index >= 15 is 0 Å². The molecule has 0 saturated carbocycles. The van der Waals surface area contributed by atoms with Crippen LogP contribution in [-0.2, 0) is 0 Å². The van der Waals surface area contributed by atoms with Crippen molar-refractivity contribution in [2.75, 3.05) is 12.3 Å². The van der Waals surface area contributed by atoms with E-state index in [1.54, 1.807) is 0 Å². The van der Waals surface area contributed by atoms with Crippen LogP contribution in [0.1, 0.15) is 34.1 Å². The molecule has 1 aromatic carbocycles. The molecule has 1 aromatic rings. The molecular weight excluding hydrogens is 250 g/mol. The lowest BCUT2D eigenvalue weighted by atomic mass is 9.94. The SMILES string of the molecule is CC(C)C1CC(CSc2ccccc2)N(C(C)C)C1. The lowest BCUT2D eigenvalue weighted by Crippen LogP contribution is -2.37. The number of hydrogen-bond acceptors (Lipinski definition) is 2. The predicted molar refractivity (Wildman–Crippen MR) is 85.7 cm³/mol. The second kappa shape index (κ2) is 6.81. The van der Waals surface area contributed by atoms with E-state index in [2.05, 4.69) is 62.9 Å². The Hall–Kier alpha value is -0.470. The minimum absolute atomic E-state index is 0.671. The van der Waals surface area contributed by atoms with Crippen LogP contribution in [0.2, 0.25) is 0 Å². The van der Waals surface area contributed by atoms with Crippen molar-refractivity contribution >= 4 is 11.8 Å². The van der Waals surface area contributed by atoms with Crippen molar-refractivity contribution in [1.29, 1.82) is 0 Å². The molecule has 1 saturated heterocycles. The highest BCUT2D eigenvalue weighted by Gasteiger charge is 2.34. The average molecular weight is 277 g/mol. The van der Waals surface area contributed by atoms with Gasteiger partial charge in [-0.1, -0.05) is 32.0 Å². The van der Waals surface area contributed by atoms with Crippen molar-refractivity contribution in [2.24, 2.45) is 11.8 Å². The maximum atomic E-state index is 2.71. The molecule has 0 spiro atoms. The van der Waals surface area contributed by atoms with Crippen LogP contribution in [0.25, 0.3) is 0 Å². The molecule has 1 fully saturated rings. The summed E-state index contributed by atoms with van der Waals surface area (Å²) in [6.45, 7) is 10.7. The molecule has 0 bridgehead atoms. The fourth-order valence-corrected chi connectivity index (χ4v) is 4.03. The maximum Gasteiger partial charge on any atom is 0.0195 e. The zero-order valence-corrected chi connectivity index (χ0v) is 13.5. The predicted octanol–water partition coefficient (Wildman–Crippen LogP) is 4.53. The van der Waals surface area contributed by atoms with E-state index in [0.717, 1.165) is 17.9 Å². The molecule has 0 amide bonds. The van der Waals surface area contributed by atoms with Crippen LogP contribution in [0, 0.1) is 11.8 Å². The van der Waals surface area contributed by atoms with E-state index in [1.165, 1.54) is 23.6 Å². The van der Waals surface area contributed by atoms with E-state index in [4.69, 9.17) is 0 Å². The van der Waals surface area contributed by atoms with Crippen LogP contribution in [0.5, 0.6) is 0 Å². The number of benzene rings is 1. The third kappa shape index (κ3) is 4.00. The normalized spacial score (nSPS) is 24.5. The summed E-state index contributed by atoms with van der Waals surface area (Å²) in [5.74, 6) is 2.92. The van der Waals surface area contributed by atoms with Gasteiger partial charge in [-0.25, -0.2) is 0 Å². The molecule has 2 rings (SSSR count). The minimum Gasteiger partial charge on any atom is -0.297 e. The van der Waals surface area contributed by atoms with Gasteiger partial charge in [-0.3, -0.25) is 4.90 Å². The largest absolute Gasteiger partial charge is 0.297 e. The second-order valence-electron chi connectivity index (χ2n) is 6.31. The highest BCUT2D eigenvalue weighted by molar-refractivity contribution is 7.99. The van der Waals surface area contributed by atoms with Crippen LogP contribution in [0.15, 0.2) is 35.2 Å². The molecule has 2 atom stereocenters. The summed E-state index contributed by atoms with van der Waals surface area (Å²) >= 11 is 2.01. The third-order valence-electron chi connectivity index (χ3n) is 4.28. The summed E-state index contributed by atoms with van der Waals surface area (Å²) in [5.41, 5.74) is 0. The maximum absolute atomic E-state index is 2.71. The Morgan fingerprint density at radius 3 is 2.42 bits per heavy atom. The minimum atomic E-state index is 0.671. The van der Waals surface area contributed by atoms with Crippen LogP contribution >= 0.6 is 11.8 Å². The first-order valence-electron chi connectivity index (χ1n) is 7.51. The van der Waals surface area contributed by atoms with Gasteiger partial charge in [0.15, 0.2) is 0 Å². The van der Waals surface area contributed by atoms with Gasteiger partial charge < -0.3 is 0 Å². The number of thioether (sulfide) groups is 1. The summed E-state index contributed by atoms with van der Waals surface area (Å²) < 4.78 is 0. The van der Waals surface area contributed by atoms with Crippen molar-refractivity contribution in [2.45, 2.75) is 51.1 Å². The standard InChI is InChI=1S/C17H27NS/c1-13(2)15-10-16(18(11-15)14(3)4)12-19-17-8-6-5-7-9-17/h5-9,13-16H,10-12H2,1-4H3. The van der Waals surface area contributed by atoms with Crippen molar-refractivity contribution in [3.63, 3.8) is 0 Å². The first-order valence-corrected chi connectivity index (χ1v) is 8.50. The van der Waals surface area contributed by atoms with Crippen LogP contribution in [0.3, 0.4) is 0 Å². The van der Waals surface area contributed by atoms with Gasteiger partial charge in [0.05, 0.1) is 0 Å². The van der Waals surface area contributed by atoms with Gasteiger partial charge in [0.25, 0.3) is 0 Å². The molecule has 0 N–H and O–H groups in total. The number of rotatable bonds is 5. The molecule has 106 valence electrons. The molecule has 1 nitrogen and oxygen atoms in total. The van der Waals surface area contributed by atoms with Gasteiger partial charge in [-0.2, -0.15) is 0 Å². The van der Waals surface area contributed by atoms with Crippen molar-refractivity contribution in [3.05, 3.63) is 30.3 Å². The Morgan fingerprint density at radius 2 is 1.84 bits per heavy atom. The fraction of sp³-hybridized carbons (Fsp3) is 0.647. The van der Waals surface area contributed by atoms with Crippen LogP contribution in [-0.4, -0.2) is 29.3 Å². The van der Waals surface area contributed by atoms with E-state index in [0.29, 0.717) is 6.04 Å². The molecular formula is C17H27NS. The molecule has 2 unspecified atom stereocenters. The molecule has 0 aliphatic carbocycles. The zero-order valence-electron chi connectivity index (χ0n) is 12.7. The monoisotopic (exact) mass is 277 g/mol. The highest BCUT2D eigenvalue weighted by atomic mass is 32.2. The smallest absolute Gasteiger partial charge is 0.0195 e. The number of hydrogen-bond donors (Lipinski definition) is 0. The van der Waals surface area contributed by atoms with Gasteiger partial charge in [0.1, 0.15) is 0 Å². The Morgan fingerprint density at radius 1 is 1.16 bits per heavy atom. The Kier molecular flexibility index (Phi) is 5.35. The zero-order chi connectivity index (χ0) is 13.8. The summed E-state index contributed by atoms with van der Waals surface area (Å²) in [4.78, 5) is 4.11. The van der Waals surface area contributed by atoms with Gasteiger partial charge in [0, 0.05) is 29.3 Å². The van der Waals surface area contributed by atoms with E-state index in [1.807, 2.05) is 11.8 Å². The molecule has 19 heavy (non-hydrogen) atoms. The third-order valence-corrected chi connectivity index (χ3v) is 5.44. The Labute approximate surface area is 122 Å². The second-order valence-corrected chi connectivity index (χ2v) is 7.40. The van der Waals surface area contributed by atoms with Crippen LogP contribution < -0.4 is 0 Å². The topological polar surface area (TPSA) is 3.24 Å². The fourth-order valence-electron chi connectivity index (χ4n) is 2.97. The molecule has 1 aliphatic rings. The van der Waals surface area contributed by atoms with Gasteiger partial charge >= 0.3 is 0 Å². The van der Waals surface area contributed by atoms with Crippen molar-refractivity contribution in [3.8, 4) is 0 Å². The van der Waals surface area contributed by atoms with Crippen molar-refractivity contribution in [1.82, 2.24) is 4.90 Å². The van der Waals surface area contributed by atoms with E-state index in [-0.39, 0.29) is 0 Å². The van der Waals surface area contributed by atoms with Gasteiger partial charge in [-0.05, 0) is 44.2 Å². The first-order chi connectivity index (χ1) is 9.08. The van der Waals surface area contributed by atoms with Gasteiger partial charge in [-0.15, -0.1) is 11.8 Å². The molecule has 1 aliphatic heterocycles. The summed E-state index contributed by atoms with van der Waals surface area (Å²) in [7, 11) is 0. The summed E-state index contributed by atoms with van der Waals surface area (Å²) in [6, 6.07) is 12.2. The Bertz CT molecular complexity index is 374. The molecule has 2 heteroatoms. The molecule has 1 heterocycles.